The Balaban J connectivity index is 0.00000161. The molecule has 1 saturated heterocycles. The van der Waals surface area contributed by atoms with Crippen LogP contribution in [0.1, 0.15) is 19.8 Å². The quantitative estimate of drug-likeness (QED) is 0.496. The van der Waals surface area contributed by atoms with Crippen molar-refractivity contribution in [3.05, 3.63) is 40.9 Å². The van der Waals surface area contributed by atoms with Crippen molar-refractivity contribution < 1.29 is 44.3 Å². The van der Waals surface area contributed by atoms with Crippen LogP contribution in [0.25, 0.3) is 0 Å². The normalized spacial score (nSPS) is 23.5. The number of hydrogen-bond acceptors (Lipinski definition) is 4. The molecule has 1 aromatic carbocycles. The van der Waals surface area contributed by atoms with E-state index in [9.17, 15) is 14.7 Å². The summed E-state index contributed by atoms with van der Waals surface area (Å²) in [6.07, 6.45) is 1.37. The molecule has 2 aliphatic heterocycles. The molecule has 21 heavy (non-hydrogen) atoms. The fourth-order valence-electron chi connectivity index (χ4n) is 2.91. The maximum Gasteiger partial charge on any atom is 1.00 e. The maximum absolute atomic E-state index is 12.0. The van der Waals surface area contributed by atoms with Gasteiger partial charge in [0.15, 0.2) is 0 Å². The number of hydrogen-bond donors (Lipinski definition) is 0. The van der Waals surface area contributed by atoms with Gasteiger partial charge in [0.25, 0.3) is 0 Å². The molecule has 4 nitrogen and oxygen atoms in total. The van der Waals surface area contributed by atoms with E-state index in [1.807, 2.05) is 37.3 Å². The van der Waals surface area contributed by atoms with Crippen molar-refractivity contribution in [3.63, 3.8) is 0 Å². The monoisotopic (exact) mass is 311 g/mol. The molecule has 0 bridgehead atoms. The van der Waals surface area contributed by atoms with Gasteiger partial charge in [-0.3, -0.25) is 4.79 Å². The van der Waals surface area contributed by atoms with Crippen molar-refractivity contribution in [1.29, 1.82) is 0 Å². The Kier molecular flexibility index (Phi) is 5.20. The SMILES string of the molecule is CC[C@H]1C(=O)N2C(C(=O)[O-])=C(Sc3ccccc3)C[C@H]12.[Na+]. The molecular weight excluding hydrogens is 297 g/mol. The largest absolute Gasteiger partial charge is 1.00 e. The minimum Gasteiger partial charge on any atom is -0.543 e. The van der Waals surface area contributed by atoms with Gasteiger partial charge < -0.3 is 14.8 Å². The summed E-state index contributed by atoms with van der Waals surface area (Å²) in [6.45, 7) is 1.96. The summed E-state index contributed by atoms with van der Waals surface area (Å²) in [5.41, 5.74) is 0.0681. The van der Waals surface area contributed by atoms with Crippen LogP contribution in [0.15, 0.2) is 45.8 Å². The number of carbonyl (C=O) groups excluding carboxylic acids is 2. The summed E-state index contributed by atoms with van der Waals surface area (Å²) in [5, 5.41) is 11.4. The third-order valence-corrected chi connectivity index (χ3v) is 4.98. The Hall–Kier alpha value is -0.750. The van der Waals surface area contributed by atoms with E-state index in [1.54, 1.807) is 0 Å². The second-order valence-corrected chi connectivity index (χ2v) is 6.14. The molecule has 3 rings (SSSR count). The van der Waals surface area contributed by atoms with Gasteiger partial charge in [0.05, 0.1) is 23.6 Å². The Morgan fingerprint density at radius 3 is 2.62 bits per heavy atom. The van der Waals surface area contributed by atoms with E-state index >= 15 is 0 Å². The number of rotatable bonds is 4. The average molecular weight is 311 g/mol. The molecule has 1 fully saturated rings. The molecule has 0 saturated carbocycles. The fraction of sp³-hybridized carbons (Fsp3) is 0.333. The van der Waals surface area contributed by atoms with Crippen molar-refractivity contribution in [2.45, 2.75) is 30.7 Å². The zero-order valence-electron chi connectivity index (χ0n) is 12.0. The van der Waals surface area contributed by atoms with Crippen LogP contribution in [-0.4, -0.2) is 22.8 Å². The Bertz CT molecular complexity index is 602. The van der Waals surface area contributed by atoms with E-state index < -0.39 is 5.97 Å². The molecule has 2 atom stereocenters. The van der Waals surface area contributed by atoms with Gasteiger partial charge in [-0.1, -0.05) is 36.9 Å². The summed E-state index contributed by atoms with van der Waals surface area (Å²) in [6, 6.07) is 9.60. The van der Waals surface area contributed by atoms with Crippen molar-refractivity contribution in [3.8, 4) is 0 Å². The second-order valence-electron chi connectivity index (χ2n) is 4.97. The smallest absolute Gasteiger partial charge is 0.543 e. The molecular formula is C15H14NNaO3S. The van der Waals surface area contributed by atoms with E-state index in [4.69, 9.17) is 0 Å². The van der Waals surface area contributed by atoms with E-state index in [1.165, 1.54) is 16.7 Å². The van der Waals surface area contributed by atoms with Gasteiger partial charge in [0.2, 0.25) is 5.91 Å². The zero-order valence-corrected chi connectivity index (χ0v) is 14.9. The van der Waals surface area contributed by atoms with E-state index in [2.05, 4.69) is 0 Å². The van der Waals surface area contributed by atoms with Crippen LogP contribution in [0.3, 0.4) is 0 Å². The number of carboxylic acids is 1. The van der Waals surface area contributed by atoms with Gasteiger partial charge in [-0.05, 0) is 18.6 Å². The molecule has 6 heteroatoms. The summed E-state index contributed by atoms with van der Waals surface area (Å²) >= 11 is 1.41. The zero-order chi connectivity index (χ0) is 14.3. The molecule has 0 unspecified atom stereocenters. The van der Waals surface area contributed by atoms with Gasteiger partial charge in [-0.15, -0.1) is 0 Å². The summed E-state index contributed by atoms with van der Waals surface area (Å²) in [4.78, 5) is 26.4. The molecule has 0 aromatic heterocycles. The number of benzene rings is 1. The number of carboxylic acid groups (broad SMARTS) is 1. The van der Waals surface area contributed by atoms with E-state index in [0.717, 1.165) is 16.2 Å². The number of amides is 1. The molecule has 2 heterocycles. The van der Waals surface area contributed by atoms with Crippen molar-refractivity contribution in [2.75, 3.05) is 0 Å². The maximum atomic E-state index is 12.0. The minimum absolute atomic E-state index is 0. The molecule has 0 aliphatic carbocycles. The topological polar surface area (TPSA) is 60.4 Å². The van der Waals surface area contributed by atoms with Crippen LogP contribution >= 0.6 is 11.8 Å². The van der Waals surface area contributed by atoms with E-state index in [-0.39, 0.29) is 53.1 Å². The Morgan fingerprint density at radius 1 is 1.38 bits per heavy atom. The van der Waals surface area contributed by atoms with Gasteiger partial charge in [-0.25, -0.2) is 0 Å². The number of aliphatic carboxylic acids is 1. The van der Waals surface area contributed by atoms with Crippen LogP contribution < -0.4 is 34.7 Å². The molecule has 0 spiro atoms. The third kappa shape index (κ3) is 2.80. The average Bonchev–Trinajstić information content (AvgIpc) is 2.76. The standard InChI is InChI=1S/C15H15NO3S.Na/c1-2-10-11-8-12(20-9-6-4-3-5-7-9)13(15(18)19)16(11)14(10)17;/h3-7,10-11H,2,8H2,1H3,(H,18,19);/q;+1/p-1/t10-,11-;/m1./s1. The van der Waals surface area contributed by atoms with E-state index in [0.29, 0.717) is 6.42 Å². The number of nitrogens with zero attached hydrogens (tertiary/aromatic N) is 1. The summed E-state index contributed by atoms with van der Waals surface area (Å²) in [7, 11) is 0. The number of β-lactam (4-membered cyclic amide) rings is 1. The van der Waals surface area contributed by atoms with Crippen LogP contribution in [0.5, 0.6) is 0 Å². The molecule has 104 valence electrons. The number of thioether (sulfide) groups is 1. The van der Waals surface area contributed by atoms with Gasteiger partial charge in [-0.2, -0.15) is 0 Å². The van der Waals surface area contributed by atoms with Crippen molar-refractivity contribution in [2.24, 2.45) is 5.92 Å². The molecule has 1 aromatic rings. The van der Waals surface area contributed by atoms with Crippen molar-refractivity contribution in [1.82, 2.24) is 4.90 Å². The van der Waals surface area contributed by atoms with Gasteiger partial charge >= 0.3 is 29.6 Å². The Morgan fingerprint density at radius 2 is 2.05 bits per heavy atom. The summed E-state index contributed by atoms with van der Waals surface area (Å²) < 4.78 is 0. The van der Waals surface area contributed by atoms with Crippen molar-refractivity contribution >= 4 is 23.6 Å². The van der Waals surface area contributed by atoms with Crippen LogP contribution in [0.4, 0.5) is 0 Å². The Labute approximate surface area is 149 Å². The number of carbonyl (C=O) groups is 2. The second kappa shape index (κ2) is 6.57. The van der Waals surface area contributed by atoms with Gasteiger partial charge in [0.1, 0.15) is 0 Å². The predicted octanol–water partition coefficient (Wildman–Crippen LogP) is -1.62. The van der Waals surface area contributed by atoms with Crippen LogP contribution in [-0.2, 0) is 9.59 Å². The first kappa shape index (κ1) is 16.6. The third-order valence-electron chi connectivity index (χ3n) is 3.87. The first-order valence-electron chi connectivity index (χ1n) is 6.64. The fourth-order valence-corrected chi connectivity index (χ4v) is 4.02. The molecule has 1 amide bonds. The minimum atomic E-state index is -1.26. The first-order valence-corrected chi connectivity index (χ1v) is 7.45. The number of fused-ring (bicyclic) bond motifs is 1. The van der Waals surface area contributed by atoms with Crippen LogP contribution in [0.2, 0.25) is 0 Å². The molecule has 0 N–H and O–H groups in total. The predicted molar refractivity (Wildman–Crippen MR) is 73.4 cm³/mol. The van der Waals surface area contributed by atoms with Crippen LogP contribution in [0, 0.1) is 5.92 Å². The summed E-state index contributed by atoms with van der Waals surface area (Å²) in [5.74, 6) is -1.38. The first-order chi connectivity index (χ1) is 9.63. The molecule has 0 radical (unpaired) electrons. The van der Waals surface area contributed by atoms with Gasteiger partial charge in [0, 0.05) is 16.2 Å². The molecule has 2 aliphatic rings.